The van der Waals surface area contributed by atoms with Crippen molar-refractivity contribution in [1.29, 1.82) is 0 Å². The van der Waals surface area contributed by atoms with Crippen LogP contribution in [0.25, 0.3) is 11.1 Å². The van der Waals surface area contributed by atoms with Crippen molar-refractivity contribution in [2.75, 3.05) is 0 Å². The third kappa shape index (κ3) is 2.61. The second-order valence-corrected chi connectivity index (χ2v) is 5.73. The van der Waals surface area contributed by atoms with Gasteiger partial charge in [-0.3, -0.25) is 9.78 Å². The maximum atomic E-state index is 13.5. The van der Waals surface area contributed by atoms with Crippen molar-refractivity contribution in [3.8, 4) is 11.1 Å². The standard InChI is InChI=1S/C18H19FN2O/c1-3-18(22)21-17-7-5-13-14(9-20-10-15(13)17)12-4-6-16(19)11(2)8-12/h4,6,8-10,17H,3,5,7H2,1-2H3,(H,21,22). The zero-order valence-corrected chi connectivity index (χ0v) is 12.8. The Kier molecular flexibility index (Phi) is 3.92. The van der Waals surface area contributed by atoms with Gasteiger partial charge in [-0.2, -0.15) is 0 Å². The van der Waals surface area contributed by atoms with Gasteiger partial charge in [-0.05, 0) is 54.2 Å². The average molecular weight is 298 g/mol. The average Bonchev–Trinajstić information content (AvgIpc) is 2.93. The van der Waals surface area contributed by atoms with Crippen molar-refractivity contribution in [2.45, 2.75) is 39.2 Å². The van der Waals surface area contributed by atoms with Crippen molar-refractivity contribution in [3.05, 3.63) is 53.1 Å². The van der Waals surface area contributed by atoms with E-state index in [0.717, 1.165) is 29.5 Å². The molecule has 0 radical (unpaired) electrons. The van der Waals surface area contributed by atoms with Crippen molar-refractivity contribution in [2.24, 2.45) is 0 Å². The molecule has 1 aromatic heterocycles. The highest BCUT2D eigenvalue weighted by Crippen LogP contribution is 2.37. The quantitative estimate of drug-likeness (QED) is 0.938. The number of hydrogen-bond acceptors (Lipinski definition) is 2. The lowest BCUT2D eigenvalue weighted by atomic mass is 9.98. The van der Waals surface area contributed by atoms with E-state index in [0.29, 0.717) is 12.0 Å². The largest absolute Gasteiger partial charge is 0.349 e. The van der Waals surface area contributed by atoms with Gasteiger partial charge in [-0.25, -0.2) is 4.39 Å². The minimum Gasteiger partial charge on any atom is -0.349 e. The van der Waals surface area contributed by atoms with Gasteiger partial charge in [-0.15, -0.1) is 0 Å². The summed E-state index contributed by atoms with van der Waals surface area (Å²) >= 11 is 0. The molecule has 1 unspecified atom stereocenters. The number of fused-ring (bicyclic) bond motifs is 1. The van der Waals surface area contributed by atoms with Gasteiger partial charge in [0.25, 0.3) is 0 Å². The number of rotatable bonds is 3. The molecule has 2 aromatic rings. The summed E-state index contributed by atoms with van der Waals surface area (Å²) in [6.45, 7) is 3.61. The number of hydrogen-bond donors (Lipinski definition) is 1. The number of carbonyl (C=O) groups is 1. The van der Waals surface area contributed by atoms with Crippen LogP contribution >= 0.6 is 0 Å². The van der Waals surface area contributed by atoms with Crippen LogP contribution in [-0.2, 0) is 11.2 Å². The molecule has 3 nitrogen and oxygen atoms in total. The summed E-state index contributed by atoms with van der Waals surface area (Å²) in [6, 6.07) is 5.17. The summed E-state index contributed by atoms with van der Waals surface area (Å²) in [6.07, 6.45) is 5.94. The summed E-state index contributed by atoms with van der Waals surface area (Å²) in [4.78, 5) is 16.0. The lowest BCUT2D eigenvalue weighted by Crippen LogP contribution is -2.26. The van der Waals surface area contributed by atoms with Gasteiger partial charge in [-0.1, -0.05) is 13.0 Å². The van der Waals surface area contributed by atoms with Gasteiger partial charge in [0.2, 0.25) is 5.91 Å². The lowest BCUT2D eigenvalue weighted by molar-refractivity contribution is -0.121. The Bertz CT molecular complexity index is 727. The summed E-state index contributed by atoms with van der Waals surface area (Å²) in [5.74, 6) is -0.141. The first-order valence-corrected chi connectivity index (χ1v) is 7.62. The number of carbonyl (C=O) groups excluding carboxylic acids is 1. The Morgan fingerprint density at radius 1 is 1.41 bits per heavy atom. The van der Waals surface area contributed by atoms with E-state index in [2.05, 4.69) is 10.3 Å². The first kappa shape index (κ1) is 14.7. The molecule has 1 heterocycles. The van der Waals surface area contributed by atoms with E-state index in [9.17, 15) is 9.18 Å². The number of aromatic nitrogens is 1. The van der Waals surface area contributed by atoms with Crippen LogP contribution in [-0.4, -0.2) is 10.9 Å². The van der Waals surface area contributed by atoms with Gasteiger partial charge < -0.3 is 5.32 Å². The van der Waals surface area contributed by atoms with Crippen LogP contribution in [0.15, 0.2) is 30.6 Å². The minimum atomic E-state index is -0.197. The molecule has 0 bridgehead atoms. The number of pyridine rings is 1. The third-order valence-electron chi connectivity index (χ3n) is 4.27. The highest BCUT2D eigenvalue weighted by molar-refractivity contribution is 5.77. The SMILES string of the molecule is CCC(=O)NC1CCc2c(-c3ccc(F)c(C)c3)cncc21. The predicted octanol–water partition coefficient (Wildman–Crippen LogP) is 3.71. The van der Waals surface area contributed by atoms with Crippen LogP contribution in [0.2, 0.25) is 0 Å². The van der Waals surface area contributed by atoms with E-state index in [1.165, 1.54) is 11.6 Å². The Labute approximate surface area is 129 Å². The minimum absolute atomic E-state index is 0.0384. The fraction of sp³-hybridized carbons (Fsp3) is 0.333. The molecular weight excluding hydrogens is 279 g/mol. The molecule has 3 rings (SSSR count). The van der Waals surface area contributed by atoms with Crippen LogP contribution in [0.5, 0.6) is 0 Å². The van der Waals surface area contributed by atoms with Gasteiger partial charge in [0, 0.05) is 24.4 Å². The summed E-state index contributed by atoms with van der Waals surface area (Å²) in [7, 11) is 0. The smallest absolute Gasteiger partial charge is 0.220 e. The number of benzene rings is 1. The molecule has 1 aliphatic carbocycles. The topological polar surface area (TPSA) is 42.0 Å². The molecule has 4 heteroatoms. The van der Waals surface area contributed by atoms with Crippen molar-refractivity contribution in [1.82, 2.24) is 10.3 Å². The van der Waals surface area contributed by atoms with E-state index in [1.807, 2.05) is 25.4 Å². The van der Waals surface area contributed by atoms with Gasteiger partial charge in [0.15, 0.2) is 0 Å². The zero-order valence-electron chi connectivity index (χ0n) is 12.8. The van der Waals surface area contributed by atoms with Crippen LogP contribution in [0.3, 0.4) is 0 Å². The normalized spacial score (nSPS) is 16.4. The number of nitrogens with one attached hydrogen (secondary N) is 1. The predicted molar refractivity (Wildman–Crippen MR) is 83.9 cm³/mol. The zero-order chi connectivity index (χ0) is 15.7. The maximum Gasteiger partial charge on any atom is 0.220 e. The number of aryl methyl sites for hydroxylation is 1. The van der Waals surface area contributed by atoms with Crippen LogP contribution in [0.1, 0.15) is 42.5 Å². The molecule has 0 saturated carbocycles. The second kappa shape index (κ2) is 5.87. The van der Waals surface area contributed by atoms with Crippen LogP contribution in [0.4, 0.5) is 4.39 Å². The fourth-order valence-electron chi connectivity index (χ4n) is 3.03. The first-order valence-electron chi connectivity index (χ1n) is 7.62. The fourth-order valence-corrected chi connectivity index (χ4v) is 3.03. The number of halogens is 1. The molecule has 1 amide bonds. The maximum absolute atomic E-state index is 13.5. The van der Waals surface area contributed by atoms with E-state index >= 15 is 0 Å². The number of nitrogens with zero attached hydrogens (tertiary/aromatic N) is 1. The lowest BCUT2D eigenvalue weighted by Gasteiger charge is -2.14. The molecule has 0 spiro atoms. The monoisotopic (exact) mass is 298 g/mol. The van der Waals surface area contributed by atoms with Gasteiger partial charge in [0.05, 0.1) is 6.04 Å². The Morgan fingerprint density at radius 3 is 2.95 bits per heavy atom. The molecule has 1 aliphatic rings. The van der Waals surface area contributed by atoms with Crippen molar-refractivity contribution < 1.29 is 9.18 Å². The Hall–Kier alpha value is -2.23. The van der Waals surface area contributed by atoms with E-state index in [-0.39, 0.29) is 17.8 Å². The molecule has 0 saturated heterocycles. The third-order valence-corrected chi connectivity index (χ3v) is 4.27. The Morgan fingerprint density at radius 2 is 2.23 bits per heavy atom. The molecular formula is C18H19FN2O. The highest BCUT2D eigenvalue weighted by Gasteiger charge is 2.26. The van der Waals surface area contributed by atoms with Crippen molar-refractivity contribution >= 4 is 5.91 Å². The molecule has 114 valence electrons. The first-order chi connectivity index (χ1) is 10.6. The molecule has 22 heavy (non-hydrogen) atoms. The van der Waals surface area contributed by atoms with Crippen LogP contribution < -0.4 is 5.32 Å². The van der Waals surface area contributed by atoms with E-state index in [1.54, 1.807) is 13.0 Å². The van der Waals surface area contributed by atoms with E-state index in [4.69, 9.17) is 0 Å². The van der Waals surface area contributed by atoms with Gasteiger partial charge >= 0.3 is 0 Å². The van der Waals surface area contributed by atoms with Crippen molar-refractivity contribution in [3.63, 3.8) is 0 Å². The highest BCUT2D eigenvalue weighted by atomic mass is 19.1. The molecule has 1 aromatic carbocycles. The summed E-state index contributed by atoms with van der Waals surface area (Å²) in [5, 5.41) is 3.04. The molecule has 1 atom stereocenters. The number of amides is 1. The van der Waals surface area contributed by atoms with Gasteiger partial charge in [0.1, 0.15) is 5.82 Å². The molecule has 1 N–H and O–H groups in total. The summed E-state index contributed by atoms with van der Waals surface area (Å²) in [5.41, 5.74) is 4.94. The van der Waals surface area contributed by atoms with E-state index < -0.39 is 0 Å². The molecule has 0 aliphatic heterocycles. The Balaban J connectivity index is 1.99. The van der Waals surface area contributed by atoms with Crippen LogP contribution in [0, 0.1) is 12.7 Å². The second-order valence-electron chi connectivity index (χ2n) is 5.73. The summed E-state index contributed by atoms with van der Waals surface area (Å²) < 4.78 is 13.5. The molecule has 0 fully saturated rings.